The van der Waals surface area contributed by atoms with Crippen LogP contribution in [0.25, 0.3) is 0 Å². The molecular weight excluding hydrogens is 310 g/mol. The molecule has 1 aromatic rings. The number of carbonyl (C=O) groups excluding carboxylic acids is 1. The van der Waals surface area contributed by atoms with E-state index >= 15 is 0 Å². The average Bonchev–Trinajstić information content (AvgIpc) is 2.41. The van der Waals surface area contributed by atoms with Gasteiger partial charge in [-0.05, 0) is 31.7 Å². The van der Waals surface area contributed by atoms with Gasteiger partial charge in [0.05, 0.1) is 6.04 Å². The number of rotatable bonds is 4. The third-order valence-corrected chi connectivity index (χ3v) is 4.22. The van der Waals surface area contributed by atoms with Crippen LogP contribution in [0.3, 0.4) is 0 Å². The fraction of sp³-hybridized carbons (Fsp3) is 0.562. The zero-order chi connectivity index (χ0) is 15.4. The molecule has 124 valence electrons. The Hall–Kier alpha value is -1.20. The van der Waals surface area contributed by atoms with Crippen LogP contribution in [0.1, 0.15) is 50.6 Å². The van der Waals surface area contributed by atoms with E-state index in [-0.39, 0.29) is 35.8 Å². The molecule has 1 saturated carbocycles. The molecule has 1 aromatic carbocycles. The highest BCUT2D eigenvalue weighted by molar-refractivity contribution is 5.85. The van der Waals surface area contributed by atoms with Crippen LogP contribution in [-0.4, -0.2) is 11.9 Å². The molecule has 0 heterocycles. The molecular formula is C16H23ClF2N2O. The second-order valence-electron chi connectivity index (χ2n) is 5.87. The number of nitrogens with one attached hydrogen (secondary N) is 1. The Kier molecular flexibility index (Phi) is 7.23. The van der Waals surface area contributed by atoms with Crippen LogP contribution in [0, 0.1) is 17.6 Å². The first kappa shape index (κ1) is 18.8. The summed E-state index contributed by atoms with van der Waals surface area (Å²) in [6.45, 7) is 1.69. The Morgan fingerprint density at radius 1 is 1.36 bits per heavy atom. The molecule has 0 bridgehead atoms. The molecule has 6 heteroatoms. The van der Waals surface area contributed by atoms with Gasteiger partial charge in [-0.2, -0.15) is 0 Å². The third kappa shape index (κ3) is 4.92. The SMILES string of the molecule is CC(NC(=O)CC1CCCCC1N)c1ccc(F)cc1F.Cl. The first-order valence-corrected chi connectivity index (χ1v) is 7.47. The van der Waals surface area contributed by atoms with Crippen molar-refractivity contribution in [2.24, 2.45) is 11.7 Å². The maximum Gasteiger partial charge on any atom is 0.220 e. The lowest BCUT2D eigenvalue weighted by molar-refractivity contribution is -0.123. The van der Waals surface area contributed by atoms with Gasteiger partial charge in [-0.25, -0.2) is 8.78 Å². The van der Waals surface area contributed by atoms with E-state index in [9.17, 15) is 13.6 Å². The largest absolute Gasteiger partial charge is 0.349 e. The van der Waals surface area contributed by atoms with Gasteiger partial charge in [0.2, 0.25) is 5.91 Å². The Morgan fingerprint density at radius 3 is 2.68 bits per heavy atom. The van der Waals surface area contributed by atoms with E-state index in [4.69, 9.17) is 5.73 Å². The first-order valence-electron chi connectivity index (χ1n) is 7.47. The van der Waals surface area contributed by atoms with Crippen molar-refractivity contribution in [3.63, 3.8) is 0 Å². The van der Waals surface area contributed by atoms with Crippen LogP contribution in [0.4, 0.5) is 8.78 Å². The maximum absolute atomic E-state index is 13.7. The van der Waals surface area contributed by atoms with Gasteiger partial charge < -0.3 is 11.1 Å². The van der Waals surface area contributed by atoms with Crippen molar-refractivity contribution in [3.05, 3.63) is 35.4 Å². The van der Waals surface area contributed by atoms with E-state index in [1.54, 1.807) is 6.92 Å². The van der Waals surface area contributed by atoms with Crippen molar-refractivity contribution < 1.29 is 13.6 Å². The maximum atomic E-state index is 13.7. The number of hydrogen-bond acceptors (Lipinski definition) is 2. The zero-order valence-corrected chi connectivity index (χ0v) is 13.5. The van der Waals surface area contributed by atoms with Gasteiger partial charge in [-0.3, -0.25) is 4.79 Å². The summed E-state index contributed by atoms with van der Waals surface area (Å²) in [6.07, 6.45) is 4.52. The molecule has 0 aromatic heterocycles. The minimum absolute atomic E-state index is 0. The van der Waals surface area contributed by atoms with Crippen LogP contribution in [0.2, 0.25) is 0 Å². The Bertz CT molecular complexity index is 513. The number of hydrogen-bond donors (Lipinski definition) is 2. The van der Waals surface area contributed by atoms with Crippen LogP contribution < -0.4 is 11.1 Å². The molecule has 2 rings (SSSR count). The molecule has 1 fully saturated rings. The lowest BCUT2D eigenvalue weighted by Gasteiger charge is -2.28. The summed E-state index contributed by atoms with van der Waals surface area (Å²) in [4.78, 5) is 12.1. The van der Waals surface area contributed by atoms with Crippen molar-refractivity contribution in [2.45, 2.75) is 51.1 Å². The third-order valence-electron chi connectivity index (χ3n) is 4.22. The second-order valence-corrected chi connectivity index (χ2v) is 5.87. The van der Waals surface area contributed by atoms with Crippen LogP contribution in [0.15, 0.2) is 18.2 Å². The van der Waals surface area contributed by atoms with Gasteiger partial charge in [-0.15, -0.1) is 12.4 Å². The molecule has 0 saturated heterocycles. The summed E-state index contributed by atoms with van der Waals surface area (Å²) in [6, 6.07) is 2.97. The van der Waals surface area contributed by atoms with Crippen LogP contribution in [-0.2, 0) is 4.79 Å². The normalized spacial score (nSPS) is 22.5. The number of nitrogens with two attached hydrogens (primary N) is 1. The highest BCUT2D eigenvalue weighted by Crippen LogP contribution is 2.26. The molecule has 0 aliphatic heterocycles. The fourth-order valence-corrected chi connectivity index (χ4v) is 2.96. The highest BCUT2D eigenvalue weighted by atomic mass is 35.5. The molecule has 3 nitrogen and oxygen atoms in total. The number of carbonyl (C=O) groups is 1. The van der Waals surface area contributed by atoms with Gasteiger partial charge in [0.1, 0.15) is 11.6 Å². The summed E-state index contributed by atoms with van der Waals surface area (Å²) in [5, 5.41) is 2.77. The number of amides is 1. The second kappa shape index (κ2) is 8.44. The van der Waals surface area contributed by atoms with E-state index in [1.807, 2.05) is 0 Å². The molecule has 0 spiro atoms. The molecule has 3 N–H and O–H groups in total. The van der Waals surface area contributed by atoms with E-state index in [0.717, 1.165) is 31.7 Å². The molecule has 3 unspecified atom stereocenters. The van der Waals surface area contributed by atoms with Gasteiger partial charge in [0, 0.05) is 24.1 Å². The minimum Gasteiger partial charge on any atom is -0.349 e. The number of benzene rings is 1. The van der Waals surface area contributed by atoms with Crippen molar-refractivity contribution >= 4 is 18.3 Å². The topological polar surface area (TPSA) is 55.1 Å². The van der Waals surface area contributed by atoms with Crippen LogP contribution >= 0.6 is 12.4 Å². The molecule has 1 aliphatic rings. The predicted molar refractivity (Wildman–Crippen MR) is 84.7 cm³/mol. The molecule has 3 atom stereocenters. The summed E-state index contributed by atoms with van der Waals surface area (Å²) in [7, 11) is 0. The van der Waals surface area contributed by atoms with Gasteiger partial charge in [0.25, 0.3) is 0 Å². The molecule has 1 amide bonds. The quantitative estimate of drug-likeness (QED) is 0.887. The minimum atomic E-state index is -0.642. The Labute approximate surface area is 136 Å². The lowest BCUT2D eigenvalue weighted by Crippen LogP contribution is -2.37. The van der Waals surface area contributed by atoms with Crippen molar-refractivity contribution in [3.8, 4) is 0 Å². The Morgan fingerprint density at radius 2 is 2.05 bits per heavy atom. The average molecular weight is 333 g/mol. The monoisotopic (exact) mass is 332 g/mol. The predicted octanol–water partition coefficient (Wildman–Crippen LogP) is 3.47. The smallest absolute Gasteiger partial charge is 0.220 e. The van der Waals surface area contributed by atoms with E-state index in [0.29, 0.717) is 6.42 Å². The van der Waals surface area contributed by atoms with Crippen molar-refractivity contribution in [2.75, 3.05) is 0 Å². The fourth-order valence-electron chi connectivity index (χ4n) is 2.96. The van der Waals surface area contributed by atoms with E-state index in [1.165, 1.54) is 12.1 Å². The first-order chi connectivity index (χ1) is 9.97. The summed E-state index contributed by atoms with van der Waals surface area (Å²) < 4.78 is 26.5. The highest BCUT2D eigenvalue weighted by Gasteiger charge is 2.25. The molecule has 22 heavy (non-hydrogen) atoms. The van der Waals surface area contributed by atoms with Crippen molar-refractivity contribution in [1.82, 2.24) is 5.32 Å². The summed E-state index contributed by atoms with van der Waals surface area (Å²) >= 11 is 0. The summed E-state index contributed by atoms with van der Waals surface area (Å²) in [5.41, 5.74) is 6.32. The lowest BCUT2D eigenvalue weighted by atomic mass is 9.83. The van der Waals surface area contributed by atoms with Crippen molar-refractivity contribution in [1.29, 1.82) is 0 Å². The molecule has 0 radical (unpaired) electrons. The molecule has 1 aliphatic carbocycles. The summed E-state index contributed by atoms with van der Waals surface area (Å²) in [5.74, 6) is -1.20. The van der Waals surface area contributed by atoms with E-state index in [2.05, 4.69) is 5.32 Å². The van der Waals surface area contributed by atoms with Gasteiger partial charge in [0.15, 0.2) is 0 Å². The standard InChI is InChI=1S/C16H22F2N2O.ClH/c1-10(13-7-6-12(17)9-14(13)18)20-16(21)8-11-4-2-3-5-15(11)19;/h6-7,9-11,15H,2-5,8,19H2,1H3,(H,20,21);1H. The van der Waals surface area contributed by atoms with Gasteiger partial charge in [-0.1, -0.05) is 18.9 Å². The van der Waals surface area contributed by atoms with Crippen LogP contribution in [0.5, 0.6) is 0 Å². The number of halogens is 3. The zero-order valence-electron chi connectivity index (χ0n) is 12.6. The van der Waals surface area contributed by atoms with E-state index < -0.39 is 17.7 Å². The Balaban J connectivity index is 0.00000242. The van der Waals surface area contributed by atoms with Gasteiger partial charge >= 0.3 is 0 Å².